The highest BCUT2D eigenvalue weighted by Crippen LogP contribution is 2.20. The average molecular weight is 671 g/mol. The maximum Gasteiger partial charge on any atom is 0.416 e. The van der Waals surface area contributed by atoms with E-state index >= 15 is 0 Å². The summed E-state index contributed by atoms with van der Waals surface area (Å²) in [4.78, 5) is 46.6. The maximum absolute atomic E-state index is 12.4. The Labute approximate surface area is 286 Å². The SMILES string of the molecule is CCCCCCCCC(=O)Cl.CCCCCCCCC(=O)N1C(=O)OC[C@@H]1Cc1ccccc1.O=C1N[C@@H](Cc2ccccc2)CO1. The van der Waals surface area contributed by atoms with Gasteiger partial charge < -0.3 is 14.8 Å². The molecule has 9 heteroatoms. The van der Waals surface area contributed by atoms with Crippen LogP contribution in [-0.4, -0.2) is 53.5 Å². The van der Waals surface area contributed by atoms with Gasteiger partial charge in [0, 0.05) is 12.8 Å². The molecule has 2 aliphatic rings. The molecule has 3 amide bonds. The molecule has 0 radical (unpaired) electrons. The summed E-state index contributed by atoms with van der Waals surface area (Å²) in [5.41, 5.74) is 2.34. The van der Waals surface area contributed by atoms with Crippen molar-refractivity contribution in [1.29, 1.82) is 0 Å². The summed E-state index contributed by atoms with van der Waals surface area (Å²) >= 11 is 5.18. The van der Waals surface area contributed by atoms with E-state index in [1.54, 1.807) is 0 Å². The Bertz CT molecular complexity index is 1160. The number of alkyl carbamates (subject to hydrolysis) is 1. The number of benzene rings is 2. The molecule has 2 aromatic carbocycles. The minimum Gasteiger partial charge on any atom is -0.447 e. The molecule has 0 aromatic heterocycles. The number of hydrogen-bond acceptors (Lipinski definition) is 6. The molecule has 0 bridgehead atoms. The monoisotopic (exact) mass is 670 g/mol. The Morgan fingerprint density at radius 3 is 1.72 bits per heavy atom. The third-order valence-corrected chi connectivity index (χ3v) is 8.27. The van der Waals surface area contributed by atoms with Gasteiger partial charge in [0.1, 0.15) is 13.2 Å². The Kier molecular flexibility index (Phi) is 20.9. The maximum atomic E-state index is 12.4. The van der Waals surface area contributed by atoms with Crippen molar-refractivity contribution in [2.45, 2.75) is 129 Å². The third-order valence-electron chi connectivity index (χ3n) is 8.08. The molecule has 260 valence electrons. The van der Waals surface area contributed by atoms with E-state index in [0.717, 1.165) is 37.7 Å². The van der Waals surface area contributed by atoms with Crippen molar-refractivity contribution in [3.63, 3.8) is 0 Å². The molecule has 2 saturated heterocycles. The number of unbranched alkanes of at least 4 members (excludes halogenated alkanes) is 10. The van der Waals surface area contributed by atoms with Crippen molar-refractivity contribution >= 4 is 34.9 Å². The zero-order chi connectivity index (χ0) is 34.1. The Morgan fingerprint density at radius 1 is 0.702 bits per heavy atom. The number of hydrogen-bond donors (Lipinski definition) is 1. The van der Waals surface area contributed by atoms with Crippen LogP contribution < -0.4 is 5.32 Å². The summed E-state index contributed by atoms with van der Waals surface area (Å²) in [5, 5.41) is 2.55. The van der Waals surface area contributed by atoms with Crippen LogP contribution in [0.3, 0.4) is 0 Å². The highest BCUT2D eigenvalue weighted by molar-refractivity contribution is 6.63. The van der Waals surface area contributed by atoms with Gasteiger partial charge in [-0.2, -0.15) is 0 Å². The number of amides is 3. The van der Waals surface area contributed by atoms with Crippen LogP contribution in [-0.2, 0) is 31.9 Å². The van der Waals surface area contributed by atoms with E-state index in [1.807, 2.05) is 60.7 Å². The molecule has 8 nitrogen and oxygen atoms in total. The summed E-state index contributed by atoms with van der Waals surface area (Å²) < 4.78 is 9.88. The minimum atomic E-state index is -0.484. The lowest BCUT2D eigenvalue weighted by atomic mass is 10.0. The van der Waals surface area contributed by atoms with Gasteiger partial charge in [-0.05, 0) is 48.4 Å². The number of halogens is 1. The quantitative estimate of drug-likeness (QED) is 0.125. The lowest BCUT2D eigenvalue weighted by molar-refractivity contribution is -0.129. The highest BCUT2D eigenvalue weighted by atomic mass is 35.5. The molecule has 0 aliphatic carbocycles. The molecule has 0 saturated carbocycles. The van der Waals surface area contributed by atoms with Crippen LogP contribution in [0.15, 0.2) is 60.7 Å². The topological polar surface area (TPSA) is 102 Å². The van der Waals surface area contributed by atoms with E-state index in [1.165, 1.54) is 61.8 Å². The highest BCUT2D eigenvalue weighted by Gasteiger charge is 2.37. The Hall–Kier alpha value is -3.39. The molecule has 4 rings (SSSR count). The first-order valence-electron chi connectivity index (χ1n) is 17.5. The number of nitrogens with zero attached hydrogens (tertiary/aromatic N) is 1. The van der Waals surface area contributed by atoms with Crippen molar-refractivity contribution in [3.8, 4) is 0 Å². The molecular weight excluding hydrogens is 616 g/mol. The van der Waals surface area contributed by atoms with Gasteiger partial charge in [0.15, 0.2) is 0 Å². The first kappa shape index (κ1) is 39.8. The molecule has 2 aromatic rings. The van der Waals surface area contributed by atoms with Crippen molar-refractivity contribution in [1.82, 2.24) is 10.2 Å². The minimum absolute atomic E-state index is 0.0936. The van der Waals surface area contributed by atoms with Crippen LogP contribution in [0, 0.1) is 0 Å². The summed E-state index contributed by atoms with van der Waals surface area (Å²) in [6.07, 6.45) is 15.7. The molecule has 2 atom stereocenters. The average Bonchev–Trinajstić information content (AvgIpc) is 3.65. The predicted molar refractivity (Wildman–Crippen MR) is 187 cm³/mol. The molecule has 47 heavy (non-hydrogen) atoms. The van der Waals surface area contributed by atoms with Crippen LogP contribution in [0.2, 0.25) is 0 Å². The van der Waals surface area contributed by atoms with Gasteiger partial charge in [-0.3, -0.25) is 9.59 Å². The van der Waals surface area contributed by atoms with Crippen molar-refractivity contribution in [3.05, 3.63) is 71.8 Å². The second-order valence-corrected chi connectivity index (χ2v) is 12.6. The molecule has 2 aliphatic heterocycles. The predicted octanol–water partition coefficient (Wildman–Crippen LogP) is 9.17. The van der Waals surface area contributed by atoms with E-state index in [4.69, 9.17) is 21.1 Å². The Balaban J connectivity index is 0.000000270. The normalized spacial score (nSPS) is 16.6. The number of carbonyl (C=O) groups is 4. The first-order chi connectivity index (χ1) is 22.8. The van der Waals surface area contributed by atoms with Crippen LogP contribution in [0.4, 0.5) is 9.59 Å². The fourth-order valence-corrected chi connectivity index (χ4v) is 5.59. The van der Waals surface area contributed by atoms with E-state index in [9.17, 15) is 19.2 Å². The summed E-state index contributed by atoms with van der Waals surface area (Å²) in [6, 6.07) is 19.9. The number of imide groups is 1. The fourth-order valence-electron chi connectivity index (χ4n) is 5.46. The number of carbonyl (C=O) groups excluding carboxylic acids is 4. The lowest BCUT2D eigenvalue weighted by Gasteiger charge is -2.19. The molecule has 2 fully saturated rings. The number of rotatable bonds is 18. The van der Waals surface area contributed by atoms with Gasteiger partial charge in [-0.1, -0.05) is 139 Å². The zero-order valence-electron chi connectivity index (χ0n) is 28.4. The van der Waals surface area contributed by atoms with Crippen LogP contribution >= 0.6 is 11.6 Å². The van der Waals surface area contributed by atoms with Gasteiger partial charge in [0.25, 0.3) is 0 Å². The van der Waals surface area contributed by atoms with E-state index < -0.39 is 6.09 Å². The number of ether oxygens (including phenoxy) is 2. The first-order valence-corrected chi connectivity index (χ1v) is 17.9. The fraction of sp³-hybridized carbons (Fsp3) is 0.579. The second-order valence-electron chi connectivity index (χ2n) is 12.2. The van der Waals surface area contributed by atoms with Crippen molar-refractivity contribution in [2.24, 2.45) is 0 Å². The number of cyclic esters (lactones) is 2. The van der Waals surface area contributed by atoms with Gasteiger partial charge in [0.2, 0.25) is 11.1 Å². The number of nitrogens with one attached hydrogen (secondary N) is 1. The van der Waals surface area contributed by atoms with E-state index in [0.29, 0.717) is 32.5 Å². The standard InChI is InChI=1S/C19H27NO3.C10H11NO2.C9H17ClO/c1-2-3-4-5-6-10-13-18(21)20-17(15-23-19(20)22)14-16-11-8-7-9-12-16;12-10-11-9(7-13-10)6-8-4-2-1-3-5-8;1-2-3-4-5-6-7-8-9(10)11/h7-9,11-12,17H,2-6,10,13-15H2,1H3;1-5,9H,6-7H2,(H,11,12);2-8H2,1H3/t17-;9-;/m00./s1. The molecule has 0 spiro atoms. The van der Waals surface area contributed by atoms with Crippen LogP contribution in [0.5, 0.6) is 0 Å². The van der Waals surface area contributed by atoms with Gasteiger partial charge in [-0.15, -0.1) is 0 Å². The molecular formula is C38H55ClN2O6. The van der Waals surface area contributed by atoms with Gasteiger partial charge >= 0.3 is 12.2 Å². The van der Waals surface area contributed by atoms with E-state index in [-0.39, 0.29) is 29.3 Å². The smallest absolute Gasteiger partial charge is 0.416 e. The summed E-state index contributed by atoms with van der Waals surface area (Å²) in [5.74, 6) is -0.0936. The van der Waals surface area contributed by atoms with Crippen molar-refractivity contribution < 1.29 is 28.7 Å². The third kappa shape index (κ3) is 17.9. The Morgan fingerprint density at radius 2 is 1.21 bits per heavy atom. The molecule has 0 unspecified atom stereocenters. The summed E-state index contributed by atoms with van der Waals surface area (Å²) in [7, 11) is 0. The van der Waals surface area contributed by atoms with E-state index in [2.05, 4.69) is 19.2 Å². The second kappa shape index (κ2) is 24.7. The largest absolute Gasteiger partial charge is 0.447 e. The van der Waals surface area contributed by atoms with Crippen molar-refractivity contribution in [2.75, 3.05) is 13.2 Å². The zero-order valence-corrected chi connectivity index (χ0v) is 29.2. The van der Waals surface area contributed by atoms with Crippen LogP contribution in [0.25, 0.3) is 0 Å². The lowest BCUT2D eigenvalue weighted by Crippen LogP contribution is -2.40. The summed E-state index contributed by atoms with van der Waals surface area (Å²) in [6.45, 7) is 5.17. The van der Waals surface area contributed by atoms with Gasteiger partial charge in [-0.25, -0.2) is 14.5 Å². The molecule has 2 heterocycles. The molecule has 1 N–H and O–H groups in total. The van der Waals surface area contributed by atoms with Gasteiger partial charge in [0.05, 0.1) is 12.1 Å². The van der Waals surface area contributed by atoms with Crippen LogP contribution in [0.1, 0.15) is 115 Å².